The SMILES string of the molecule is O=C(c1ccccc1)N1NC(c2ccccc2)=CC1c1ccc2c(c1)OCO2. The Morgan fingerprint density at radius 1 is 0.893 bits per heavy atom. The van der Waals surface area contributed by atoms with Gasteiger partial charge in [0.15, 0.2) is 11.5 Å². The molecule has 1 atom stereocenters. The summed E-state index contributed by atoms with van der Waals surface area (Å²) < 4.78 is 10.9. The van der Waals surface area contributed by atoms with Gasteiger partial charge in [0.1, 0.15) is 0 Å². The molecule has 0 saturated heterocycles. The monoisotopic (exact) mass is 370 g/mol. The van der Waals surface area contributed by atoms with E-state index in [1.54, 1.807) is 5.01 Å². The van der Waals surface area contributed by atoms with Gasteiger partial charge in [-0.2, -0.15) is 0 Å². The Morgan fingerprint density at radius 3 is 2.39 bits per heavy atom. The lowest BCUT2D eigenvalue weighted by molar-refractivity contribution is 0.0672. The summed E-state index contributed by atoms with van der Waals surface area (Å²) in [5.41, 5.74) is 6.79. The zero-order chi connectivity index (χ0) is 18.9. The maximum absolute atomic E-state index is 13.2. The normalized spacial score (nSPS) is 17.2. The molecule has 1 unspecified atom stereocenters. The third-order valence-corrected chi connectivity index (χ3v) is 4.91. The van der Waals surface area contributed by atoms with E-state index < -0.39 is 0 Å². The Bertz CT molecular complexity index is 1050. The quantitative estimate of drug-likeness (QED) is 0.752. The van der Waals surface area contributed by atoms with E-state index in [2.05, 4.69) is 11.5 Å². The molecule has 0 spiro atoms. The van der Waals surface area contributed by atoms with Crippen molar-refractivity contribution in [3.63, 3.8) is 0 Å². The minimum Gasteiger partial charge on any atom is -0.454 e. The molecule has 0 fully saturated rings. The fourth-order valence-electron chi connectivity index (χ4n) is 3.49. The van der Waals surface area contributed by atoms with Crippen LogP contribution in [0.3, 0.4) is 0 Å². The number of hydrazine groups is 1. The fourth-order valence-corrected chi connectivity index (χ4v) is 3.49. The lowest BCUT2D eigenvalue weighted by atomic mass is 10.0. The molecule has 5 rings (SSSR count). The molecule has 5 nitrogen and oxygen atoms in total. The van der Waals surface area contributed by atoms with Crippen molar-refractivity contribution >= 4 is 11.6 Å². The van der Waals surface area contributed by atoms with E-state index in [1.807, 2.05) is 78.9 Å². The molecule has 0 radical (unpaired) electrons. The van der Waals surface area contributed by atoms with Gasteiger partial charge in [-0.1, -0.05) is 54.6 Å². The van der Waals surface area contributed by atoms with Crippen LogP contribution in [0.15, 0.2) is 84.9 Å². The van der Waals surface area contributed by atoms with Crippen LogP contribution in [-0.2, 0) is 0 Å². The molecule has 138 valence electrons. The molecular weight excluding hydrogens is 352 g/mol. The standard InChI is InChI=1S/C23H18N2O3/c26-23(17-9-5-2-6-10-17)25-20(14-19(24-25)16-7-3-1-4-8-16)18-11-12-21-22(13-18)28-15-27-21/h1-14,20,24H,15H2. The highest BCUT2D eigenvalue weighted by molar-refractivity contribution is 5.95. The summed E-state index contributed by atoms with van der Waals surface area (Å²) in [6.07, 6.45) is 2.06. The van der Waals surface area contributed by atoms with Gasteiger partial charge in [-0.3, -0.25) is 10.2 Å². The van der Waals surface area contributed by atoms with Crippen molar-refractivity contribution in [1.82, 2.24) is 10.4 Å². The molecule has 2 heterocycles. The Labute approximate surface area is 162 Å². The maximum atomic E-state index is 13.2. The van der Waals surface area contributed by atoms with Crippen LogP contribution in [0.4, 0.5) is 0 Å². The second kappa shape index (κ2) is 6.78. The number of benzene rings is 3. The Balaban J connectivity index is 1.55. The van der Waals surface area contributed by atoms with Gasteiger partial charge in [0, 0.05) is 5.56 Å². The van der Waals surface area contributed by atoms with E-state index in [0.29, 0.717) is 11.3 Å². The van der Waals surface area contributed by atoms with Gasteiger partial charge in [-0.15, -0.1) is 0 Å². The van der Waals surface area contributed by atoms with Crippen LogP contribution in [-0.4, -0.2) is 17.7 Å². The zero-order valence-electron chi connectivity index (χ0n) is 15.0. The number of carbonyl (C=O) groups excluding carboxylic acids is 1. The predicted octanol–water partition coefficient (Wildman–Crippen LogP) is 4.16. The minimum atomic E-state index is -0.266. The number of hydrogen-bond donors (Lipinski definition) is 1. The van der Waals surface area contributed by atoms with Crippen molar-refractivity contribution in [2.75, 3.05) is 6.79 Å². The third kappa shape index (κ3) is 2.87. The van der Waals surface area contributed by atoms with Crippen molar-refractivity contribution in [2.45, 2.75) is 6.04 Å². The highest BCUT2D eigenvalue weighted by atomic mass is 16.7. The summed E-state index contributed by atoms with van der Waals surface area (Å²) in [5.74, 6) is 1.33. The first-order valence-corrected chi connectivity index (χ1v) is 9.12. The smallest absolute Gasteiger partial charge is 0.273 e. The van der Waals surface area contributed by atoms with E-state index >= 15 is 0 Å². The Hall–Kier alpha value is -3.73. The summed E-state index contributed by atoms with van der Waals surface area (Å²) in [7, 11) is 0. The van der Waals surface area contributed by atoms with E-state index in [-0.39, 0.29) is 18.7 Å². The first-order chi connectivity index (χ1) is 13.8. The zero-order valence-corrected chi connectivity index (χ0v) is 15.0. The van der Waals surface area contributed by atoms with Gasteiger partial charge in [0.05, 0.1) is 11.7 Å². The van der Waals surface area contributed by atoms with Crippen LogP contribution in [0.5, 0.6) is 11.5 Å². The van der Waals surface area contributed by atoms with E-state index in [4.69, 9.17) is 9.47 Å². The second-order valence-electron chi connectivity index (χ2n) is 6.66. The van der Waals surface area contributed by atoms with Crippen LogP contribution in [0.2, 0.25) is 0 Å². The predicted molar refractivity (Wildman–Crippen MR) is 105 cm³/mol. The summed E-state index contributed by atoms with van der Waals surface area (Å²) in [4.78, 5) is 13.2. The molecular formula is C23H18N2O3. The number of nitrogens with zero attached hydrogens (tertiary/aromatic N) is 1. The van der Waals surface area contributed by atoms with Gasteiger partial charge in [0.2, 0.25) is 6.79 Å². The van der Waals surface area contributed by atoms with Gasteiger partial charge >= 0.3 is 0 Å². The molecule has 0 saturated carbocycles. The number of fused-ring (bicyclic) bond motifs is 1. The van der Waals surface area contributed by atoms with Crippen LogP contribution in [0.1, 0.15) is 27.5 Å². The van der Waals surface area contributed by atoms with Gasteiger partial charge in [-0.05, 0) is 41.5 Å². The van der Waals surface area contributed by atoms with Gasteiger partial charge in [0.25, 0.3) is 5.91 Å². The van der Waals surface area contributed by atoms with Crippen molar-refractivity contribution in [3.05, 3.63) is 102 Å². The first-order valence-electron chi connectivity index (χ1n) is 9.12. The number of ether oxygens (including phenoxy) is 2. The summed E-state index contributed by atoms with van der Waals surface area (Å²) in [6, 6.07) is 24.8. The number of carbonyl (C=O) groups is 1. The molecule has 0 aliphatic carbocycles. The van der Waals surface area contributed by atoms with E-state index in [9.17, 15) is 4.79 Å². The molecule has 28 heavy (non-hydrogen) atoms. The Morgan fingerprint density at radius 2 is 1.61 bits per heavy atom. The summed E-state index contributed by atoms with van der Waals surface area (Å²) in [6.45, 7) is 0.222. The van der Waals surface area contributed by atoms with Crippen molar-refractivity contribution < 1.29 is 14.3 Å². The van der Waals surface area contributed by atoms with Crippen LogP contribution >= 0.6 is 0 Å². The summed E-state index contributed by atoms with van der Waals surface area (Å²) >= 11 is 0. The third-order valence-electron chi connectivity index (χ3n) is 4.91. The molecule has 5 heteroatoms. The molecule has 3 aromatic carbocycles. The van der Waals surface area contributed by atoms with E-state index in [0.717, 1.165) is 22.6 Å². The fraction of sp³-hybridized carbons (Fsp3) is 0.0870. The van der Waals surface area contributed by atoms with Gasteiger partial charge < -0.3 is 9.47 Å². The molecule has 2 aliphatic heterocycles. The largest absolute Gasteiger partial charge is 0.454 e. The minimum absolute atomic E-state index is 0.0922. The van der Waals surface area contributed by atoms with Crippen molar-refractivity contribution in [1.29, 1.82) is 0 Å². The van der Waals surface area contributed by atoms with Crippen LogP contribution in [0.25, 0.3) is 5.70 Å². The highest BCUT2D eigenvalue weighted by Gasteiger charge is 2.32. The summed E-state index contributed by atoms with van der Waals surface area (Å²) in [5, 5.41) is 1.66. The number of amides is 1. The average Bonchev–Trinajstić information content (AvgIpc) is 3.41. The topological polar surface area (TPSA) is 50.8 Å². The van der Waals surface area contributed by atoms with Gasteiger partial charge in [-0.25, -0.2) is 5.01 Å². The van der Waals surface area contributed by atoms with Crippen LogP contribution < -0.4 is 14.9 Å². The molecule has 2 aliphatic rings. The van der Waals surface area contributed by atoms with Crippen LogP contribution in [0, 0.1) is 0 Å². The Kier molecular flexibility index (Phi) is 3.98. The molecule has 1 amide bonds. The number of nitrogens with one attached hydrogen (secondary N) is 1. The molecule has 0 bridgehead atoms. The lowest BCUT2D eigenvalue weighted by Gasteiger charge is -2.25. The highest BCUT2D eigenvalue weighted by Crippen LogP contribution is 2.38. The number of hydrogen-bond acceptors (Lipinski definition) is 4. The van der Waals surface area contributed by atoms with Crippen molar-refractivity contribution in [2.24, 2.45) is 0 Å². The lowest BCUT2D eigenvalue weighted by Crippen LogP contribution is -2.39. The van der Waals surface area contributed by atoms with E-state index in [1.165, 1.54) is 0 Å². The van der Waals surface area contributed by atoms with Crippen molar-refractivity contribution in [3.8, 4) is 11.5 Å². The maximum Gasteiger partial charge on any atom is 0.273 e. The molecule has 1 N–H and O–H groups in total. The molecule has 3 aromatic rings. The first kappa shape index (κ1) is 16.4. The molecule has 0 aromatic heterocycles. The average molecular weight is 370 g/mol. The number of rotatable bonds is 3. The second-order valence-corrected chi connectivity index (χ2v) is 6.66.